The number of aromatic nitrogens is 2. The second-order valence-corrected chi connectivity index (χ2v) is 5.06. The summed E-state index contributed by atoms with van der Waals surface area (Å²) in [5.41, 5.74) is 5.95. The molecule has 0 saturated carbocycles. The van der Waals surface area contributed by atoms with Crippen molar-refractivity contribution in [2.75, 3.05) is 17.2 Å². The minimum atomic E-state index is -2.86. The van der Waals surface area contributed by atoms with Gasteiger partial charge in [-0.25, -0.2) is 23.1 Å². The Morgan fingerprint density at radius 3 is 2.71 bits per heavy atom. The van der Waals surface area contributed by atoms with Crippen molar-refractivity contribution in [1.82, 2.24) is 9.97 Å². The van der Waals surface area contributed by atoms with E-state index >= 15 is 0 Å². The summed E-state index contributed by atoms with van der Waals surface area (Å²) in [5, 5.41) is 0. The molecule has 0 aliphatic carbocycles. The average Bonchev–Trinajstić information content (AvgIpc) is 2.76. The number of nitrogen functional groups attached to an aromatic ring is 1. The van der Waals surface area contributed by atoms with Gasteiger partial charge in [-0.05, 0) is 17.7 Å². The van der Waals surface area contributed by atoms with Crippen molar-refractivity contribution in [2.24, 2.45) is 0 Å². The fraction of sp³-hybridized carbons (Fsp3) is 0.286. The van der Waals surface area contributed by atoms with Crippen LogP contribution in [0.4, 0.5) is 24.8 Å². The molecule has 0 spiro atoms. The van der Waals surface area contributed by atoms with E-state index in [0.29, 0.717) is 11.4 Å². The van der Waals surface area contributed by atoms with Crippen LogP contribution in [0.15, 0.2) is 36.7 Å². The summed E-state index contributed by atoms with van der Waals surface area (Å²) in [6.45, 7) is -0.479. The van der Waals surface area contributed by atoms with Gasteiger partial charge in [-0.15, -0.1) is 0 Å². The number of anilines is 2. The summed E-state index contributed by atoms with van der Waals surface area (Å²) in [4.78, 5) is 9.34. The Bertz CT molecular complexity index is 645. The van der Waals surface area contributed by atoms with Gasteiger partial charge in [0.15, 0.2) is 0 Å². The Labute approximate surface area is 119 Å². The standard InChI is InChI=1S/C14H13F3N4/c15-10-3-1-2-9(4-10)11-5-14(16,17)8-21(11)13-7-19-12(18)6-20-13/h1-4,6-7,11H,5,8H2,(H2,18,19). The number of alkyl halides is 2. The third kappa shape index (κ3) is 2.76. The van der Waals surface area contributed by atoms with Crippen molar-refractivity contribution in [3.8, 4) is 0 Å². The zero-order valence-corrected chi connectivity index (χ0v) is 11.0. The highest BCUT2D eigenvalue weighted by atomic mass is 19.3. The van der Waals surface area contributed by atoms with Gasteiger partial charge in [0.05, 0.1) is 25.0 Å². The van der Waals surface area contributed by atoms with Crippen LogP contribution in [0, 0.1) is 5.82 Å². The van der Waals surface area contributed by atoms with Gasteiger partial charge in [0, 0.05) is 6.42 Å². The van der Waals surface area contributed by atoms with Crippen molar-refractivity contribution >= 4 is 11.6 Å². The quantitative estimate of drug-likeness (QED) is 0.925. The van der Waals surface area contributed by atoms with E-state index < -0.39 is 24.3 Å². The molecule has 21 heavy (non-hydrogen) atoms. The van der Waals surface area contributed by atoms with Crippen LogP contribution >= 0.6 is 0 Å². The highest BCUT2D eigenvalue weighted by molar-refractivity contribution is 5.45. The molecule has 0 bridgehead atoms. The second kappa shape index (κ2) is 4.91. The molecule has 1 aliphatic heterocycles. The Kier molecular flexibility index (Phi) is 3.19. The summed E-state index contributed by atoms with van der Waals surface area (Å²) in [7, 11) is 0. The summed E-state index contributed by atoms with van der Waals surface area (Å²) in [5.74, 6) is -2.80. The predicted molar refractivity (Wildman–Crippen MR) is 72.5 cm³/mol. The van der Waals surface area contributed by atoms with Crippen LogP contribution < -0.4 is 10.6 Å². The van der Waals surface area contributed by atoms with Crippen molar-refractivity contribution < 1.29 is 13.2 Å². The normalized spacial score (nSPS) is 20.7. The number of hydrogen-bond donors (Lipinski definition) is 1. The van der Waals surface area contributed by atoms with Gasteiger partial charge in [0.1, 0.15) is 17.5 Å². The van der Waals surface area contributed by atoms with Gasteiger partial charge < -0.3 is 10.6 Å². The molecule has 1 saturated heterocycles. The molecule has 1 aromatic carbocycles. The lowest BCUT2D eigenvalue weighted by Gasteiger charge is -2.24. The molecule has 2 heterocycles. The molecule has 110 valence electrons. The first-order chi connectivity index (χ1) is 9.94. The van der Waals surface area contributed by atoms with Crippen LogP contribution in [0.5, 0.6) is 0 Å². The summed E-state index contributed by atoms with van der Waals surface area (Å²) >= 11 is 0. The van der Waals surface area contributed by atoms with E-state index in [4.69, 9.17) is 5.73 Å². The number of halogens is 3. The minimum absolute atomic E-state index is 0.215. The van der Waals surface area contributed by atoms with Crippen LogP contribution in [-0.2, 0) is 0 Å². The van der Waals surface area contributed by atoms with Crippen molar-refractivity contribution in [1.29, 1.82) is 0 Å². The molecular formula is C14H13F3N4. The van der Waals surface area contributed by atoms with Crippen LogP contribution in [0.2, 0.25) is 0 Å². The molecule has 4 nitrogen and oxygen atoms in total. The van der Waals surface area contributed by atoms with E-state index in [1.54, 1.807) is 6.07 Å². The van der Waals surface area contributed by atoms with Gasteiger partial charge in [0.25, 0.3) is 5.92 Å². The maximum absolute atomic E-state index is 13.8. The Morgan fingerprint density at radius 1 is 1.24 bits per heavy atom. The molecule has 7 heteroatoms. The Balaban J connectivity index is 1.98. The maximum atomic E-state index is 13.8. The molecule has 2 N–H and O–H groups in total. The van der Waals surface area contributed by atoms with E-state index in [2.05, 4.69) is 9.97 Å². The van der Waals surface area contributed by atoms with E-state index in [0.717, 1.165) is 0 Å². The lowest BCUT2D eigenvalue weighted by Crippen LogP contribution is -2.27. The molecule has 1 fully saturated rings. The monoisotopic (exact) mass is 294 g/mol. The highest BCUT2D eigenvalue weighted by Gasteiger charge is 2.46. The molecule has 3 rings (SSSR count). The number of benzene rings is 1. The molecule has 0 radical (unpaired) electrons. The maximum Gasteiger partial charge on any atom is 0.267 e. The van der Waals surface area contributed by atoms with Gasteiger partial charge in [-0.3, -0.25) is 0 Å². The second-order valence-electron chi connectivity index (χ2n) is 5.06. The number of hydrogen-bond acceptors (Lipinski definition) is 4. The number of nitrogens with zero attached hydrogens (tertiary/aromatic N) is 3. The predicted octanol–water partition coefficient (Wildman–Crippen LogP) is 2.78. The van der Waals surface area contributed by atoms with Gasteiger partial charge in [0.2, 0.25) is 0 Å². The molecule has 2 aromatic rings. The van der Waals surface area contributed by atoms with Gasteiger partial charge in [-0.2, -0.15) is 0 Å². The molecule has 1 unspecified atom stereocenters. The average molecular weight is 294 g/mol. The van der Waals surface area contributed by atoms with E-state index in [9.17, 15) is 13.2 Å². The van der Waals surface area contributed by atoms with E-state index in [1.165, 1.54) is 35.5 Å². The molecule has 0 amide bonds. The zero-order chi connectivity index (χ0) is 15.0. The molecule has 1 aliphatic rings. The van der Waals surface area contributed by atoms with Crippen LogP contribution in [-0.4, -0.2) is 22.4 Å². The fourth-order valence-electron chi connectivity index (χ4n) is 2.55. The fourth-order valence-corrected chi connectivity index (χ4v) is 2.55. The zero-order valence-electron chi connectivity index (χ0n) is 11.0. The first-order valence-corrected chi connectivity index (χ1v) is 6.42. The molecule has 1 aromatic heterocycles. The Hall–Kier alpha value is -2.31. The van der Waals surface area contributed by atoms with Gasteiger partial charge in [-0.1, -0.05) is 12.1 Å². The summed E-state index contributed by atoms with van der Waals surface area (Å²) in [6, 6.07) is 5.04. The number of rotatable bonds is 2. The topological polar surface area (TPSA) is 55.0 Å². The van der Waals surface area contributed by atoms with Crippen LogP contribution in [0.3, 0.4) is 0 Å². The van der Waals surface area contributed by atoms with Gasteiger partial charge >= 0.3 is 0 Å². The third-order valence-electron chi connectivity index (χ3n) is 3.46. The van der Waals surface area contributed by atoms with Crippen LogP contribution in [0.1, 0.15) is 18.0 Å². The summed E-state index contributed by atoms with van der Waals surface area (Å²) < 4.78 is 40.9. The van der Waals surface area contributed by atoms with E-state index in [-0.39, 0.29) is 12.2 Å². The van der Waals surface area contributed by atoms with Crippen molar-refractivity contribution in [3.63, 3.8) is 0 Å². The Morgan fingerprint density at radius 2 is 2.05 bits per heavy atom. The third-order valence-corrected chi connectivity index (χ3v) is 3.46. The van der Waals surface area contributed by atoms with Crippen molar-refractivity contribution in [3.05, 3.63) is 48.0 Å². The largest absolute Gasteiger partial charge is 0.382 e. The molecular weight excluding hydrogens is 281 g/mol. The smallest absolute Gasteiger partial charge is 0.267 e. The van der Waals surface area contributed by atoms with Crippen LogP contribution in [0.25, 0.3) is 0 Å². The highest BCUT2D eigenvalue weighted by Crippen LogP contribution is 2.42. The first-order valence-electron chi connectivity index (χ1n) is 6.42. The first kappa shape index (κ1) is 13.7. The lowest BCUT2D eigenvalue weighted by molar-refractivity contribution is 0.0222. The SMILES string of the molecule is Nc1cnc(N2CC(F)(F)CC2c2cccc(F)c2)cn1. The van der Waals surface area contributed by atoms with Crippen molar-refractivity contribution in [2.45, 2.75) is 18.4 Å². The summed E-state index contributed by atoms with van der Waals surface area (Å²) in [6.07, 6.45) is 2.28. The number of nitrogens with two attached hydrogens (primary N) is 1. The lowest BCUT2D eigenvalue weighted by atomic mass is 10.0. The molecule has 1 atom stereocenters. The van der Waals surface area contributed by atoms with E-state index in [1.807, 2.05) is 0 Å². The minimum Gasteiger partial charge on any atom is -0.382 e.